The number of carboxylic acids is 1. The number of piperidine rings is 1. The number of carboxylic acid groups (broad SMARTS) is 1. The second-order valence-electron chi connectivity index (χ2n) is 9.15. The zero-order valence-electron chi connectivity index (χ0n) is 20.2. The van der Waals surface area contributed by atoms with Gasteiger partial charge in [0.05, 0.1) is 21.8 Å². The summed E-state index contributed by atoms with van der Waals surface area (Å²) in [4.78, 5) is 30.2. The Morgan fingerprint density at radius 3 is 2.33 bits per heavy atom. The first-order valence-corrected chi connectivity index (χ1v) is 12.2. The summed E-state index contributed by atoms with van der Waals surface area (Å²) in [7, 11) is 0. The maximum absolute atomic E-state index is 13.4. The summed E-state index contributed by atoms with van der Waals surface area (Å²) in [5, 5.41) is 9.48. The van der Waals surface area contributed by atoms with Gasteiger partial charge >= 0.3 is 12.1 Å². The van der Waals surface area contributed by atoms with Crippen molar-refractivity contribution in [2.45, 2.75) is 52.6 Å². The molecular weight excluding hydrogens is 516 g/mol. The molecule has 1 aliphatic rings. The summed E-state index contributed by atoms with van der Waals surface area (Å²) in [5.74, 6) is -1.09. The van der Waals surface area contributed by atoms with Gasteiger partial charge in [0.15, 0.2) is 0 Å². The van der Waals surface area contributed by atoms with E-state index in [9.17, 15) is 22.8 Å². The molecule has 1 fully saturated rings. The molecule has 0 atom stereocenters. The number of rotatable bonds is 6. The van der Waals surface area contributed by atoms with Crippen LogP contribution in [0.25, 0.3) is 0 Å². The molecule has 194 valence electrons. The van der Waals surface area contributed by atoms with E-state index in [1.807, 2.05) is 0 Å². The zero-order chi connectivity index (χ0) is 26.8. The molecule has 0 bridgehead atoms. The van der Waals surface area contributed by atoms with E-state index in [-0.39, 0.29) is 46.5 Å². The topological polar surface area (TPSA) is 70.0 Å². The number of amides is 1. The SMILES string of the molecule is C/C(Cc1c(Cl)ccc(C(=O)N2CCC(CC(=O)O)CC2)c1Cl)=N\c1c(C)ccc(C(F)(F)F)c1C. The monoisotopic (exact) mass is 542 g/mol. The van der Waals surface area contributed by atoms with Crippen LogP contribution in [-0.2, 0) is 17.4 Å². The predicted octanol–water partition coefficient (Wildman–Crippen LogP) is 7.29. The van der Waals surface area contributed by atoms with Crippen LogP contribution in [0.3, 0.4) is 0 Å². The second-order valence-corrected chi connectivity index (χ2v) is 9.93. The fourth-order valence-corrected chi connectivity index (χ4v) is 5.07. The Morgan fingerprint density at radius 2 is 1.75 bits per heavy atom. The van der Waals surface area contributed by atoms with Gasteiger partial charge in [0.2, 0.25) is 0 Å². The van der Waals surface area contributed by atoms with Crippen LogP contribution in [0.4, 0.5) is 18.9 Å². The number of carbonyl (C=O) groups excluding carboxylic acids is 1. The Labute approximate surface area is 217 Å². The average Bonchev–Trinajstić information content (AvgIpc) is 2.78. The highest BCUT2D eigenvalue weighted by molar-refractivity contribution is 6.38. The highest BCUT2D eigenvalue weighted by Gasteiger charge is 2.33. The second kappa shape index (κ2) is 11.2. The molecule has 0 saturated carbocycles. The molecule has 0 aromatic heterocycles. The highest BCUT2D eigenvalue weighted by Crippen LogP contribution is 2.38. The van der Waals surface area contributed by atoms with E-state index in [0.717, 1.165) is 6.07 Å². The molecule has 1 saturated heterocycles. The van der Waals surface area contributed by atoms with Crippen molar-refractivity contribution < 1.29 is 27.9 Å². The molecule has 2 aromatic rings. The van der Waals surface area contributed by atoms with Crippen LogP contribution in [0.2, 0.25) is 10.0 Å². The van der Waals surface area contributed by atoms with Crippen LogP contribution in [-0.4, -0.2) is 40.7 Å². The van der Waals surface area contributed by atoms with Gasteiger partial charge in [-0.1, -0.05) is 29.3 Å². The number of carbonyl (C=O) groups is 2. The fraction of sp³-hybridized carbons (Fsp3) is 0.423. The number of nitrogens with zero attached hydrogens (tertiary/aromatic N) is 2. The van der Waals surface area contributed by atoms with Gasteiger partial charge in [-0.2, -0.15) is 13.2 Å². The fourth-order valence-electron chi connectivity index (χ4n) is 4.48. The minimum absolute atomic E-state index is 0.0319. The molecule has 10 heteroatoms. The van der Waals surface area contributed by atoms with Crippen LogP contribution in [0.15, 0.2) is 29.3 Å². The van der Waals surface area contributed by atoms with E-state index < -0.39 is 17.7 Å². The van der Waals surface area contributed by atoms with Gasteiger partial charge in [0.1, 0.15) is 0 Å². The smallest absolute Gasteiger partial charge is 0.416 e. The zero-order valence-corrected chi connectivity index (χ0v) is 21.7. The van der Waals surface area contributed by atoms with Crippen molar-refractivity contribution in [1.29, 1.82) is 0 Å². The van der Waals surface area contributed by atoms with Crippen molar-refractivity contribution in [2.75, 3.05) is 13.1 Å². The van der Waals surface area contributed by atoms with E-state index in [4.69, 9.17) is 28.3 Å². The highest BCUT2D eigenvalue weighted by atomic mass is 35.5. The summed E-state index contributed by atoms with van der Waals surface area (Å²) in [6.45, 7) is 5.62. The normalized spacial score (nSPS) is 15.3. The maximum atomic E-state index is 13.4. The number of halogens is 5. The van der Waals surface area contributed by atoms with Crippen molar-refractivity contribution >= 4 is 46.5 Å². The van der Waals surface area contributed by atoms with Gasteiger partial charge < -0.3 is 10.0 Å². The number of likely N-dealkylation sites (tertiary alicyclic amines) is 1. The van der Waals surface area contributed by atoms with Crippen LogP contribution < -0.4 is 0 Å². The molecule has 0 aliphatic carbocycles. The summed E-state index contributed by atoms with van der Waals surface area (Å²) in [6.07, 6.45) is -3.07. The molecule has 0 unspecified atom stereocenters. The van der Waals surface area contributed by atoms with E-state index in [2.05, 4.69) is 4.99 Å². The molecule has 1 aliphatic heterocycles. The number of hydrogen-bond acceptors (Lipinski definition) is 3. The van der Waals surface area contributed by atoms with Crippen LogP contribution in [0.1, 0.15) is 58.8 Å². The lowest BCUT2D eigenvalue weighted by atomic mass is 9.93. The Kier molecular flexibility index (Phi) is 8.72. The first-order chi connectivity index (χ1) is 16.8. The molecule has 2 aromatic carbocycles. The standard InChI is InChI=1S/C26H27Cl2F3N2O3/c1-14-4-6-20(26(29,30)31)16(3)24(14)32-15(2)12-19-21(27)7-5-18(23(19)28)25(36)33-10-8-17(9-11-33)13-22(34)35/h4-7,17H,8-13H2,1-3H3,(H,34,35)/b32-15+. The third-order valence-electron chi connectivity index (χ3n) is 6.45. The summed E-state index contributed by atoms with van der Waals surface area (Å²) < 4.78 is 40.1. The van der Waals surface area contributed by atoms with Gasteiger partial charge in [-0.3, -0.25) is 14.6 Å². The van der Waals surface area contributed by atoms with Crippen molar-refractivity contribution in [1.82, 2.24) is 4.90 Å². The number of hydrogen-bond donors (Lipinski definition) is 1. The molecular formula is C26H27Cl2F3N2O3. The molecule has 5 nitrogen and oxygen atoms in total. The number of aliphatic carboxylic acids is 1. The molecule has 36 heavy (non-hydrogen) atoms. The maximum Gasteiger partial charge on any atom is 0.416 e. The van der Waals surface area contributed by atoms with Gasteiger partial charge in [-0.25, -0.2) is 0 Å². The first kappa shape index (κ1) is 28.0. The predicted molar refractivity (Wildman–Crippen MR) is 135 cm³/mol. The van der Waals surface area contributed by atoms with Gasteiger partial charge in [-0.15, -0.1) is 0 Å². The van der Waals surface area contributed by atoms with E-state index in [0.29, 0.717) is 47.8 Å². The Morgan fingerprint density at radius 1 is 1.11 bits per heavy atom. The lowest BCUT2D eigenvalue weighted by Gasteiger charge is -2.31. The van der Waals surface area contributed by atoms with E-state index in [1.54, 1.807) is 30.9 Å². The summed E-state index contributed by atoms with van der Waals surface area (Å²) in [6, 6.07) is 5.56. The average molecular weight is 543 g/mol. The van der Waals surface area contributed by atoms with Crippen molar-refractivity contribution in [2.24, 2.45) is 10.9 Å². The Bertz CT molecular complexity index is 1200. The van der Waals surface area contributed by atoms with Crippen LogP contribution >= 0.6 is 23.2 Å². The number of aryl methyl sites for hydroxylation is 1. The molecule has 1 N–H and O–H groups in total. The lowest BCUT2D eigenvalue weighted by molar-refractivity contribution is -0.139. The quantitative estimate of drug-likeness (QED) is 0.389. The number of aliphatic imine (C=N–C) groups is 1. The molecule has 0 spiro atoms. The minimum atomic E-state index is -4.49. The summed E-state index contributed by atoms with van der Waals surface area (Å²) >= 11 is 13.0. The van der Waals surface area contributed by atoms with Gasteiger partial charge in [0, 0.05) is 36.7 Å². The van der Waals surface area contributed by atoms with E-state index >= 15 is 0 Å². The third kappa shape index (κ3) is 6.40. The van der Waals surface area contributed by atoms with Gasteiger partial charge in [-0.05, 0) is 74.4 Å². The van der Waals surface area contributed by atoms with Crippen LogP contribution in [0, 0.1) is 19.8 Å². The first-order valence-electron chi connectivity index (χ1n) is 11.5. The largest absolute Gasteiger partial charge is 0.481 e. The molecule has 1 heterocycles. The van der Waals surface area contributed by atoms with Crippen molar-refractivity contribution in [3.8, 4) is 0 Å². The molecule has 1 amide bonds. The lowest BCUT2D eigenvalue weighted by Crippen LogP contribution is -2.39. The van der Waals surface area contributed by atoms with Crippen molar-refractivity contribution in [3.63, 3.8) is 0 Å². The van der Waals surface area contributed by atoms with Crippen LogP contribution in [0.5, 0.6) is 0 Å². The third-order valence-corrected chi connectivity index (χ3v) is 7.24. The van der Waals surface area contributed by atoms with E-state index in [1.165, 1.54) is 13.0 Å². The minimum Gasteiger partial charge on any atom is -0.481 e. The number of benzene rings is 2. The van der Waals surface area contributed by atoms with Crippen molar-refractivity contribution in [3.05, 3.63) is 62.1 Å². The number of alkyl halides is 3. The Hall–Kier alpha value is -2.58. The molecule has 0 radical (unpaired) electrons. The summed E-state index contributed by atoms with van der Waals surface area (Å²) in [5.41, 5.74) is 1.37. The molecule has 3 rings (SSSR count). The Balaban J connectivity index is 1.85. The van der Waals surface area contributed by atoms with Gasteiger partial charge in [0.25, 0.3) is 5.91 Å².